The van der Waals surface area contributed by atoms with Crippen LogP contribution in [0, 0.1) is 0 Å². The molecule has 0 saturated heterocycles. The number of hydrazine groups is 1. The van der Waals surface area contributed by atoms with E-state index < -0.39 is 11.8 Å². The zero-order valence-corrected chi connectivity index (χ0v) is 15.0. The number of ether oxygens (including phenoxy) is 1. The maximum atomic E-state index is 12.5. The first-order valence-electron chi connectivity index (χ1n) is 8.53. The van der Waals surface area contributed by atoms with Gasteiger partial charge in [-0.05, 0) is 18.2 Å². The number of carbonyl (C=O) groups excluding carboxylic acids is 2. The molecule has 0 aliphatic heterocycles. The third kappa shape index (κ3) is 3.18. The standard InChI is InChI=1S/C20H17N5O3/c1-28-17-12-25(13-7-3-2-4-8-13)24-18(17)20(27)23-22-19(26)15-11-21-16-10-6-5-9-14(15)16/h2-12,21H,1H3,(H,22,26)(H,23,27). The lowest BCUT2D eigenvalue weighted by Gasteiger charge is -2.06. The Hall–Kier alpha value is -4.07. The van der Waals surface area contributed by atoms with Crippen molar-refractivity contribution in [2.75, 3.05) is 7.11 Å². The Bertz CT molecular complexity index is 1150. The number of fused-ring (bicyclic) bond motifs is 1. The van der Waals surface area contributed by atoms with E-state index in [-0.39, 0.29) is 5.69 Å². The highest BCUT2D eigenvalue weighted by Crippen LogP contribution is 2.20. The lowest BCUT2D eigenvalue weighted by molar-refractivity contribution is 0.0843. The predicted octanol–water partition coefficient (Wildman–Crippen LogP) is 2.44. The fourth-order valence-corrected chi connectivity index (χ4v) is 2.88. The summed E-state index contributed by atoms with van der Waals surface area (Å²) in [5, 5.41) is 5.03. The molecule has 0 radical (unpaired) electrons. The Balaban J connectivity index is 1.51. The van der Waals surface area contributed by atoms with Crippen molar-refractivity contribution in [2.45, 2.75) is 0 Å². The van der Waals surface area contributed by atoms with Gasteiger partial charge >= 0.3 is 0 Å². The number of carbonyl (C=O) groups is 2. The van der Waals surface area contributed by atoms with Crippen LogP contribution in [0.25, 0.3) is 16.6 Å². The summed E-state index contributed by atoms with van der Waals surface area (Å²) in [6.45, 7) is 0. The van der Waals surface area contributed by atoms with Crippen LogP contribution in [-0.4, -0.2) is 33.7 Å². The van der Waals surface area contributed by atoms with Crippen LogP contribution in [-0.2, 0) is 0 Å². The van der Waals surface area contributed by atoms with E-state index in [0.717, 1.165) is 16.6 Å². The molecule has 0 spiro atoms. The molecule has 0 saturated carbocycles. The topological polar surface area (TPSA) is 101 Å². The summed E-state index contributed by atoms with van der Waals surface area (Å²) in [4.78, 5) is 28.0. The molecule has 2 heterocycles. The molecular formula is C20H17N5O3. The van der Waals surface area contributed by atoms with E-state index in [9.17, 15) is 9.59 Å². The zero-order chi connectivity index (χ0) is 19.5. The number of amides is 2. The van der Waals surface area contributed by atoms with Crippen LogP contribution in [0.5, 0.6) is 5.75 Å². The lowest BCUT2D eigenvalue weighted by atomic mass is 10.2. The van der Waals surface area contributed by atoms with Crippen LogP contribution in [0.15, 0.2) is 67.0 Å². The van der Waals surface area contributed by atoms with Crippen molar-refractivity contribution in [1.82, 2.24) is 25.6 Å². The summed E-state index contributed by atoms with van der Waals surface area (Å²) >= 11 is 0. The molecule has 140 valence electrons. The van der Waals surface area contributed by atoms with Gasteiger partial charge < -0.3 is 9.72 Å². The second kappa shape index (κ2) is 7.28. The minimum Gasteiger partial charge on any atom is -0.493 e. The van der Waals surface area contributed by atoms with Crippen molar-refractivity contribution in [3.63, 3.8) is 0 Å². The molecule has 8 heteroatoms. The van der Waals surface area contributed by atoms with Gasteiger partial charge in [-0.25, -0.2) is 4.68 Å². The number of H-pyrrole nitrogens is 1. The van der Waals surface area contributed by atoms with E-state index in [0.29, 0.717) is 11.3 Å². The van der Waals surface area contributed by atoms with Gasteiger partial charge in [0.05, 0.1) is 24.6 Å². The molecule has 8 nitrogen and oxygen atoms in total. The maximum Gasteiger partial charge on any atom is 0.294 e. The Labute approximate surface area is 160 Å². The number of aromatic nitrogens is 3. The quantitative estimate of drug-likeness (QED) is 0.477. The van der Waals surface area contributed by atoms with Crippen molar-refractivity contribution < 1.29 is 14.3 Å². The van der Waals surface area contributed by atoms with Crippen LogP contribution in [0.4, 0.5) is 0 Å². The fraction of sp³-hybridized carbons (Fsp3) is 0.0500. The first-order valence-corrected chi connectivity index (χ1v) is 8.53. The van der Waals surface area contributed by atoms with Gasteiger partial charge in [-0.15, -0.1) is 0 Å². The number of methoxy groups -OCH3 is 1. The first-order chi connectivity index (χ1) is 13.7. The van der Waals surface area contributed by atoms with Crippen molar-refractivity contribution in [3.8, 4) is 11.4 Å². The number of hydrogen-bond donors (Lipinski definition) is 3. The number of aromatic amines is 1. The average molecular weight is 375 g/mol. The third-order valence-electron chi connectivity index (χ3n) is 4.26. The zero-order valence-electron chi connectivity index (χ0n) is 15.0. The van der Waals surface area contributed by atoms with Crippen LogP contribution < -0.4 is 15.6 Å². The number of hydrogen-bond acceptors (Lipinski definition) is 4. The fourth-order valence-electron chi connectivity index (χ4n) is 2.88. The van der Waals surface area contributed by atoms with Crippen molar-refractivity contribution in [2.24, 2.45) is 0 Å². The molecule has 0 fully saturated rings. The Kier molecular flexibility index (Phi) is 4.51. The molecule has 2 amide bonds. The summed E-state index contributed by atoms with van der Waals surface area (Å²) in [5.41, 5.74) is 6.90. The van der Waals surface area contributed by atoms with Gasteiger partial charge in [-0.3, -0.25) is 20.4 Å². The molecule has 0 bridgehead atoms. The van der Waals surface area contributed by atoms with Crippen LogP contribution in [0.3, 0.4) is 0 Å². The number of benzene rings is 2. The van der Waals surface area contributed by atoms with E-state index in [2.05, 4.69) is 20.9 Å². The average Bonchev–Trinajstić information content (AvgIpc) is 3.37. The second-order valence-corrected chi connectivity index (χ2v) is 5.98. The molecule has 4 aromatic rings. The molecule has 0 atom stereocenters. The highest BCUT2D eigenvalue weighted by molar-refractivity contribution is 6.07. The smallest absolute Gasteiger partial charge is 0.294 e. The number of rotatable bonds is 4. The minimum absolute atomic E-state index is 0.0607. The lowest BCUT2D eigenvalue weighted by Crippen LogP contribution is -2.41. The van der Waals surface area contributed by atoms with E-state index >= 15 is 0 Å². The Morgan fingerprint density at radius 3 is 2.50 bits per heavy atom. The largest absolute Gasteiger partial charge is 0.493 e. The van der Waals surface area contributed by atoms with E-state index in [4.69, 9.17) is 4.74 Å². The van der Waals surface area contributed by atoms with Gasteiger partial charge in [0.2, 0.25) is 0 Å². The predicted molar refractivity (Wildman–Crippen MR) is 103 cm³/mol. The molecule has 0 aliphatic rings. The van der Waals surface area contributed by atoms with Crippen molar-refractivity contribution >= 4 is 22.7 Å². The molecule has 4 rings (SSSR count). The van der Waals surface area contributed by atoms with Crippen LogP contribution in [0.2, 0.25) is 0 Å². The van der Waals surface area contributed by atoms with Crippen molar-refractivity contribution in [3.05, 3.63) is 78.2 Å². The SMILES string of the molecule is COc1cn(-c2ccccc2)nc1C(=O)NNC(=O)c1c[nH]c2ccccc12. The minimum atomic E-state index is -0.584. The monoisotopic (exact) mass is 375 g/mol. The third-order valence-corrected chi connectivity index (χ3v) is 4.26. The molecular weight excluding hydrogens is 358 g/mol. The Morgan fingerprint density at radius 2 is 1.71 bits per heavy atom. The van der Waals surface area contributed by atoms with Gasteiger partial charge in [0.1, 0.15) is 0 Å². The van der Waals surface area contributed by atoms with Gasteiger partial charge in [0.25, 0.3) is 11.8 Å². The highest BCUT2D eigenvalue weighted by atomic mass is 16.5. The van der Waals surface area contributed by atoms with E-state index in [1.807, 2.05) is 54.6 Å². The van der Waals surface area contributed by atoms with E-state index in [1.165, 1.54) is 11.8 Å². The molecule has 2 aromatic carbocycles. The summed E-state index contributed by atoms with van der Waals surface area (Å²) in [6.07, 6.45) is 3.20. The van der Waals surface area contributed by atoms with Crippen molar-refractivity contribution in [1.29, 1.82) is 0 Å². The summed E-state index contributed by atoms with van der Waals surface area (Å²) in [5.74, 6) is -0.727. The van der Waals surface area contributed by atoms with Crippen LogP contribution in [0.1, 0.15) is 20.8 Å². The molecule has 3 N–H and O–H groups in total. The molecule has 0 aliphatic carbocycles. The Morgan fingerprint density at radius 1 is 1.00 bits per heavy atom. The number of para-hydroxylation sites is 2. The second-order valence-electron chi connectivity index (χ2n) is 5.98. The van der Waals surface area contributed by atoms with Gasteiger partial charge in [-0.2, -0.15) is 5.10 Å². The summed E-state index contributed by atoms with van der Waals surface area (Å²) in [6, 6.07) is 16.7. The normalized spacial score (nSPS) is 10.6. The first kappa shape index (κ1) is 17.3. The van der Waals surface area contributed by atoms with Gasteiger partial charge in [0.15, 0.2) is 11.4 Å². The maximum absolute atomic E-state index is 12.5. The summed E-state index contributed by atoms with van der Waals surface area (Å²) < 4.78 is 6.78. The van der Waals surface area contributed by atoms with Gasteiger partial charge in [0, 0.05) is 17.1 Å². The molecule has 28 heavy (non-hydrogen) atoms. The van der Waals surface area contributed by atoms with E-state index in [1.54, 1.807) is 12.4 Å². The van der Waals surface area contributed by atoms with Gasteiger partial charge in [-0.1, -0.05) is 36.4 Å². The molecule has 2 aromatic heterocycles. The number of nitrogens with one attached hydrogen (secondary N) is 3. The molecule has 0 unspecified atom stereocenters. The van der Waals surface area contributed by atoms with Crippen LogP contribution >= 0.6 is 0 Å². The highest BCUT2D eigenvalue weighted by Gasteiger charge is 2.20. The number of nitrogens with zero attached hydrogens (tertiary/aromatic N) is 2. The summed E-state index contributed by atoms with van der Waals surface area (Å²) in [7, 11) is 1.45.